The highest BCUT2D eigenvalue weighted by Gasteiger charge is 2.24. The molecule has 0 unspecified atom stereocenters. The molecule has 0 atom stereocenters. The van der Waals surface area contributed by atoms with Crippen molar-refractivity contribution < 1.29 is 14.7 Å². The van der Waals surface area contributed by atoms with E-state index < -0.39 is 5.97 Å². The number of carboxylic acids is 1. The lowest BCUT2D eigenvalue weighted by Gasteiger charge is -1.98. The van der Waals surface area contributed by atoms with E-state index in [-0.39, 0.29) is 11.5 Å². The summed E-state index contributed by atoms with van der Waals surface area (Å²) < 4.78 is 1.91. The van der Waals surface area contributed by atoms with Crippen LogP contribution in [0.5, 0.6) is 0 Å². The first kappa shape index (κ1) is 15.1. The van der Waals surface area contributed by atoms with Crippen LogP contribution in [0.25, 0.3) is 6.08 Å². The molecule has 6 nitrogen and oxygen atoms in total. The molecule has 7 heteroatoms. The molecule has 0 bridgehead atoms. The van der Waals surface area contributed by atoms with Crippen molar-refractivity contribution in [2.75, 3.05) is 0 Å². The number of hydrogen-bond acceptors (Lipinski definition) is 4. The molecular formula is C16H13N3O3S. The van der Waals surface area contributed by atoms with Gasteiger partial charge in [-0.25, -0.2) is 9.79 Å². The van der Waals surface area contributed by atoms with E-state index >= 15 is 0 Å². The predicted molar refractivity (Wildman–Crippen MR) is 89.6 cm³/mol. The standard InChI is InChI=1S/C16H13N3O3S/c1-19-7-3-6-12(19)9-13-14(20)18-16(23-13)17-11-5-2-4-10(8-11)15(21)22/h2-9H,1H3,(H,21,22)(H,17,18,20)/b13-9-. The Morgan fingerprint density at radius 1 is 1.35 bits per heavy atom. The second-order valence-corrected chi connectivity index (χ2v) is 5.91. The number of benzene rings is 1. The smallest absolute Gasteiger partial charge is 0.335 e. The SMILES string of the molecule is Cn1cccc1/C=C1\SC(=Nc2cccc(C(=O)O)c2)NC1=O. The molecule has 2 aromatic rings. The molecule has 3 rings (SSSR count). The van der Waals surface area contributed by atoms with Crippen molar-refractivity contribution in [2.45, 2.75) is 0 Å². The van der Waals surface area contributed by atoms with Crippen LogP contribution in [0.2, 0.25) is 0 Å². The summed E-state index contributed by atoms with van der Waals surface area (Å²) in [6.07, 6.45) is 3.69. The quantitative estimate of drug-likeness (QED) is 0.849. The normalized spacial score (nSPS) is 17.7. The van der Waals surface area contributed by atoms with Crippen molar-refractivity contribution in [1.29, 1.82) is 0 Å². The molecule has 1 aliphatic heterocycles. The number of amides is 1. The average molecular weight is 327 g/mol. The molecule has 1 fully saturated rings. The summed E-state index contributed by atoms with van der Waals surface area (Å²) in [5, 5.41) is 12.1. The number of carbonyl (C=O) groups excluding carboxylic acids is 1. The van der Waals surface area contributed by atoms with Gasteiger partial charge in [-0.15, -0.1) is 0 Å². The Bertz CT molecular complexity index is 852. The third-order valence-electron chi connectivity index (χ3n) is 3.24. The molecule has 0 spiro atoms. The topological polar surface area (TPSA) is 83.7 Å². The lowest BCUT2D eigenvalue weighted by atomic mass is 10.2. The Kier molecular flexibility index (Phi) is 4.03. The lowest BCUT2D eigenvalue weighted by molar-refractivity contribution is -0.115. The number of thioether (sulfide) groups is 1. The van der Waals surface area contributed by atoms with Crippen LogP contribution < -0.4 is 5.32 Å². The van der Waals surface area contributed by atoms with Crippen molar-refractivity contribution in [1.82, 2.24) is 9.88 Å². The fourth-order valence-corrected chi connectivity index (χ4v) is 2.89. The van der Waals surface area contributed by atoms with Gasteiger partial charge in [0.25, 0.3) is 5.91 Å². The maximum atomic E-state index is 12.0. The summed E-state index contributed by atoms with van der Waals surface area (Å²) >= 11 is 1.22. The fourth-order valence-electron chi connectivity index (χ4n) is 2.06. The molecule has 23 heavy (non-hydrogen) atoms. The second-order valence-electron chi connectivity index (χ2n) is 4.88. The Hall–Kier alpha value is -2.80. The van der Waals surface area contributed by atoms with Crippen molar-refractivity contribution in [3.8, 4) is 0 Å². The Morgan fingerprint density at radius 3 is 2.87 bits per heavy atom. The number of aromatic carboxylic acids is 1. The van der Waals surface area contributed by atoms with Crippen LogP contribution in [0.15, 0.2) is 52.5 Å². The molecule has 2 N–H and O–H groups in total. The van der Waals surface area contributed by atoms with Crippen molar-refractivity contribution in [3.05, 3.63) is 58.8 Å². The van der Waals surface area contributed by atoms with Crippen LogP contribution in [0.3, 0.4) is 0 Å². The molecule has 2 heterocycles. The summed E-state index contributed by atoms with van der Waals surface area (Å²) in [5.74, 6) is -1.23. The van der Waals surface area contributed by atoms with Gasteiger partial charge in [-0.2, -0.15) is 0 Å². The average Bonchev–Trinajstić information content (AvgIpc) is 3.06. The molecule has 1 amide bonds. The third-order valence-corrected chi connectivity index (χ3v) is 4.15. The van der Waals surface area contributed by atoms with Gasteiger partial charge in [0.05, 0.1) is 16.2 Å². The van der Waals surface area contributed by atoms with Gasteiger partial charge in [0.15, 0.2) is 5.17 Å². The Morgan fingerprint density at radius 2 is 2.17 bits per heavy atom. The van der Waals surface area contributed by atoms with E-state index in [1.807, 2.05) is 29.9 Å². The number of carbonyl (C=O) groups is 2. The third kappa shape index (κ3) is 3.35. The zero-order valence-corrected chi connectivity index (χ0v) is 13.0. The highest BCUT2D eigenvalue weighted by Crippen LogP contribution is 2.28. The number of nitrogens with zero attached hydrogens (tertiary/aromatic N) is 2. The van der Waals surface area contributed by atoms with Crippen LogP contribution >= 0.6 is 11.8 Å². The first-order chi connectivity index (χ1) is 11.0. The van der Waals surface area contributed by atoms with Crippen molar-refractivity contribution >= 4 is 40.6 Å². The number of carboxylic acid groups (broad SMARTS) is 1. The predicted octanol–water partition coefficient (Wildman–Crippen LogP) is 2.61. The maximum Gasteiger partial charge on any atom is 0.335 e. The van der Waals surface area contributed by atoms with E-state index in [1.165, 1.54) is 23.9 Å². The minimum absolute atomic E-state index is 0.153. The number of nitrogens with one attached hydrogen (secondary N) is 1. The van der Waals surface area contributed by atoms with E-state index in [0.717, 1.165) is 5.69 Å². The summed E-state index contributed by atoms with van der Waals surface area (Å²) in [5.41, 5.74) is 1.55. The number of aliphatic imine (C=N–C) groups is 1. The number of rotatable bonds is 3. The fraction of sp³-hybridized carbons (Fsp3) is 0.0625. The molecular weight excluding hydrogens is 314 g/mol. The summed E-state index contributed by atoms with van der Waals surface area (Å²) in [6.45, 7) is 0. The summed E-state index contributed by atoms with van der Waals surface area (Å²) in [4.78, 5) is 27.8. The van der Waals surface area contributed by atoms with Crippen LogP contribution in [-0.4, -0.2) is 26.7 Å². The zero-order chi connectivity index (χ0) is 16.4. The van der Waals surface area contributed by atoms with Crippen LogP contribution in [0.4, 0.5) is 5.69 Å². The second kappa shape index (κ2) is 6.13. The van der Waals surface area contributed by atoms with E-state index in [2.05, 4.69) is 10.3 Å². The number of amidine groups is 1. The largest absolute Gasteiger partial charge is 0.478 e. The van der Waals surface area contributed by atoms with E-state index in [1.54, 1.807) is 18.2 Å². The molecule has 0 radical (unpaired) electrons. The molecule has 1 aromatic heterocycles. The number of aryl methyl sites for hydroxylation is 1. The van der Waals surface area contributed by atoms with Crippen molar-refractivity contribution in [3.63, 3.8) is 0 Å². The van der Waals surface area contributed by atoms with Crippen LogP contribution in [-0.2, 0) is 11.8 Å². The molecule has 1 aliphatic rings. The van der Waals surface area contributed by atoms with Gasteiger partial charge in [0.2, 0.25) is 0 Å². The van der Waals surface area contributed by atoms with Gasteiger partial charge in [0, 0.05) is 18.9 Å². The minimum atomic E-state index is -1.01. The van der Waals surface area contributed by atoms with Gasteiger partial charge in [0.1, 0.15) is 0 Å². The monoisotopic (exact) mass is 327 g/mol. The summed E-state index contributed by atoms with van der Waals surface area (Å²) in [6, 6.07) is 10.1. The number of aromatic nitrogens is 1. The first-order valence-corrected chi connectivity index (χ1v) is 7.59. The highest BCUT2D eigenvalue weighted by molar-refractivity contribution is 8.18. The van der Waals surface area contributed by atoms with Crippen LogP contribution in [0, 0.1) is 0 Å². The summed E-state index contributed by atoms with van der Waals surface area (Å²) in [7, 11) is 1.90. The first-order valence-electron chi connectivity index (χ1n) is 6.77. The molecule has 0 saturated carbocycles. The maximum absolute atomic E-state index is 12.0. The zero-order valence-electron chi connectivity index (χ0n) is 12.2. The van der Waals surface area contributed by atoms with Crippen LogP contribution in [0.1, 0.15) is 16.1 Å². The van der Waals surface area contributed by atoms with Gasteiger partial charge >= 0.3 is 5.97 Å². The number of hydrogen-bond donors (Lipinski definition) is 2. The van der Waals surface area contributed by atoms with Gasteiger partial charge < -0.3 is 15.0 Å². The van der Waals surface area contributed by atoms with Crippen molar-refractivity contribution in [2.24, 2.45) is 12.0 Å². The molecule has 116 valence electrons. The van der Waals surface area contributed by atoms with E-state index in [9.17, 15) is 9.59 Å². The Labute approximate surface area is 136 Å². The molecule has 0 aliphatic carbocycles. The molecule has 1 saturated heterocycles. The van der Waals surface area contributed by atoms with E-state index in [4.69, 9.17) is 5.11 Å². The Balaban J connectivity index is 1.85. The van der Waals surface area contributed by atoms with Gasteiger partial charge in [-0.3, -0.25) is 4.79 Å². The van der Waals surface area contributed by atoms with E-state index in [0.29, 0.717) is 15.8 Å². The highest BCUT2D eigenvalue weighted by atomic mass is 32.2. The van der Waals surface area contributed by atoms with Gasteiger partial charge in [-0.05, 0) is 48.2 Å². The molecule has 1 aromatic carbocycles. The minimum Gasteiger partial charge on any atom is -0.478 e. The lowest BCUT2D eigenvalue weighted by Crippen LogP contribution is -2.19. The van der Waals surface area contributed by atoms with Gasteiger partial charge in [-0.1, -0.05) is 6.07 Å².